The van der Waals surface area contributed by atoms with Crippen LogP contribution in [0, 0.1) is 5.82 Å². The minimum Gasteiger partial charge on any atom is -0.496 e. The van der Waals surface area contributed by atoms with Gasteiger partial charge in [0.15, 0.2) is 11.3 Å². The zero-order chi connectivity index (χ0) is 24.5. The van der Waals surface area contributed by atoms with E-state index in [1.165, 1.54) is 25.2 Å². The van der Waals surface area contributed by atoms with Gasteiger partial charge in [-0.2, -0.15) is 0 Å². The Balaban J connectivity index is 1.64. The lowest BCUT2D eigenvalue weighted by Crippen LogP contribution is -2.61. The van der Waals surface area contributed by atoms with Gasteiger partial charge in [0.05, 0.1) is 24.1 Å². The van der Waals surface area contributed by atoms with Crippen LogP contribution >= 0.6 is 11.6 Å². The van der Waals surface area contributed by atoms with Gasteiger partial charge in [-0.3, -0.25) is 9.59 Å². The molecule has 0 saturated heterocycles. The molecular formula is C24H24ClFN2O6. The summed E-state index contributed by atoms with van der Waals surface area (Å²) in [5.41, 5.74) is -0.399. The summed E-state index contributed by atoms with van der Waals surface area (Å²) in [7, 11) is 2.90. The summed E-state index contributed by atoms with van der Waals surface area (Å²) in [6, 6.07) is 9.68. The number of benzene rings is 2. The molecule has 1 aliphatic heterocycles. The van der Waals surface area contributed by atoms with E-state index >= 15 is 0 Å². The average Bonchev–Trinajstić information content (AvgIpc) is 3.17. The van der Waals surface area contributed by atoms with Crippen LogP contribution in [0.25, 0.3) is 11.0 Å². The minimum atomic E-state index is -1.39. The number of carbonyl (C=O) groups excluding carboxylic acids is 2. The normalized spacial score (nSPS) is 17.8. The second kappa shape index (κ2) is 9.52. The molecule has 3 aromatic rings. The fourth-order valence-corrected chi connectivity index (χ4v) is 4.11. The molecule has 0 saturated carbocycles. The molecule has 1 unspecified atom stereocenters. The van der Waals surface area contributed by atoms with Crippen molar-refractivity contribution in [2.75, 3.05) is 34.0 Å². The quantitative estimate of drug-likeness (QED) is 0.542. The highest BCUT2D eigenvalue weighted by molar-refractivity contribution is 6.30. The van der Waals surface area contributed by atoms with Gasteiger partial charge in [-0.1, -0.05) is 23.7 Å². The molecule has 8 nitrogen and oxygen atoms in total. The topological polar surface area (TPSA) is 90.2 Å². The van der Waals surface area contributed by atoms with E-state index in [4.69, 9.17) is 30.2 Å². The molecule has 0 spiro atoms. The molecule has 0 fully saturated rings. The summed E-state index contributed by atoms with van der Waals surface area (Å²) in [6.45, 7) is 1.82. The molecule has 0 radical (unpaired) electrons. The maximum atomic E-state index is 13.8. The van der Waals surface area contributed by atoms with E-state index in [2.05, 4.69) is 5.32 Å². The van der Waals surface area contributed by atoms with Crippen molar-refractivity contribution in [1.29, 1.82) is 0 Å². The Kier molecular flexibility index (Phi) is 6.67. The lowest BCUT2D eigenvalue weighted by Gasteiger charge is -2.37. The van der Waals surface area contributed by atoms with Gasteiger partial charge < -0.3 is 28.8 Å². The molecule has 0 aliphatic carbocycles. The van der Waals surface area contributed by atoms with Crippen LogP contribution in [0.4, 0.5) is 4.39 Å². The Morgan fingerprint density at radius 2 is 2.06 bits per heavy atom. The fourth-order valence-electron chi connectivity index (χ4n) is 3.93. The van der Waals surface area contributed by atoms with Crippen molar-refractivity contribution in [3.05, 3.63) is 58.6 Å². The first kappa shape index (κ1) is 23.8. The third kappa shape index (κ3) is 4.17. The van der Waals surface area contributed by atoms with Crippen LogP contribution in [0.3, 0.4) is 0 Å². The van der Waals surface area contributed by atoms with E-state index in [9.17, 15) is 14.0 Å². The summed E-state index contributed by atoms with van der Waals surface area (Å²) in [4.78, 5) is 28.4. The molecule has 1 aliphatic rings. The Morgan fingerprint density at radius 1 is 1.29 bits per heavy atom. The summed E-state index contributed by atoms with van der Waals surface area (Å²) in [5, 5.41) is 3.35. The van der Waals surface area contributed by atoms with Crippen LogP contribution in [0.15, 0.2) is 40.8 Å². The Morgan fingerprint density at radius 3 is 2.79 bits per heavy atom. The van der Waals surface area contributed by atoms with Gasteiger partial charge in [0.1, 0.15) is 23.8 Å². The lowest BCUT2D eigenvalue weighted by molar-refractivity contribution is -0.133. The number of para-hydroxylation sites is 1. The number of fused-ring (bicyclic) bond motifs is 3. The van der Waals surface area contributed by atoms with Gasteiger partial charge in [0.2, 0.25) is 11.7 Å². The van der Waals surface area contributed by atoms with E-state index in [-0.39, 0.29) is 42.8 Å². The highest BCUT2D eigenvalue weighted by Gasteiger charge is 2.47. The Labute approximate surface area is 200 Å². The maximum absolute atomic E-state index is 13.8. The van der Waals surface area contributed by atoms with Crippen molar-refractivity contribution in [2.45, 2.75) is 19.0 Å². The number of furan rings is 1. The van der Waals surface area contributed by atoms with E-state index < -0.39 is 23.2 Å². The zero-order valence-corrected chi connectivity index (χ0v) is 19.7. The van der Waals surface area contributed by atoms with E-state index in [0.29, 0.717) is 22.3 Å². The van der Waals surface area contributed by atoms with Gasteiger partial charge in [-0.05, 0) is 25.1 Å². The number of carbonyl (C=O) groups is 2. The maximum Gasteiger partial charge on any atom is 0.294 e. The summed E-state index contributed by atoms with van der Waals surface area (Å²) < 4.78 is 36.0. The molecule has 10 heteroatoms. The van der Waals surface area contributed by atoms with Crippen LogP contribution in [0.5, 0.6) is 11.5 Å². The molecule has 2 aromatic carbocycles. The number of amides is 2. The highest BCUT2D eigenvalue weighted by Crippen LogP contribution is 2.38. The van der Waals surface area contributed by atoms with Crippen molar-refractivity contribution >= 4 is 34.4 Å². The van der Waals surface area contributed by atoms with E-state index in [1.54, 1.807) is 25.1 Å². The zero-order valence-electron chi connectivity index (χ0n) is 18.9. The molecule has 1 atom stereocenters. The largest absolute Gasteiger partial charge is 0.496 e. The number of rotatable bonds is 7. The third-order valence-corrected chi connectivity index (χ3v) is 6.14. The number of nitrogens with zero attached hydrogens (tertiary/aromatic N) is 1. The number of methoxy groups -OCH3 is 2. The molecule has 1 N–H and O–H groups in total. The fraction of sp³-hybridized carbons (Fsp3) is 0.333. The number of nitrogens with one attached hydrogen (secondary N) is 1. The summed E-state index contributed by atoms with van der Waals surface area (Å²) in [5.74, 6) is -1.03. The standard InChI is InChI=1S/C24H24ClFN2O6/c1-24(23(30)27-12-14-10-16(25)17(26)11-19(14)32-3)13-33-20-15-6-4-5-7-18(15)34-21(20)22(29)28(24)8-9-31-2/h4-7,10-11H,8-9,12-13H2,1-3H3,(H,27,30). The molecule has 4 rings (SSSR count). The van der Waals surface area contributed by atoms with Crippen LogP contribution in [0.2, 0.25) is 5.02 Å². The molecular weight excluding hydrogens is 467 g/mol. The predicted molar refractivity (Wildman–Crippen MR) is 123 cm³/mol. The third-order valence-electron chi connectivity index (χ3n) is 5.85. The van der Waals surface area contributed by atoms with Gasteiger partial charge in [-0.15, -0.1) is 0 Å². The van der Waals surface area contributed by atoms with E-state index in [0.717, 1.165) is 6.07 Å². The Hall–Kier alpha value is -3.30. The van der Waals surface area contributed by atoms with Gasteiger partial charge in [0, 0.05) is 31.8 Å². The number of hydrogen-bond acceptors (Lipinski definition) is 6. The monoisotopic (exact) mass is 490 g/mol. The first-order valence-electron chi connectivity index (χ1n) is 10.6. The molecule has 0 bridgehead atoms. The Bertz CT molecular complexity index is 1250. The molecule has 34 heavy (non-hydrogen) atoms. The molecule has 2 amide bonds. The van der Waals surface area contributed by atoms with Crippen molar-refractivity contribution in [2.24, 2.45) is 0 Å². The predicted octanol–water partition coefficient (Wildman–Crippen LogP) is 3.79. The van der Waals surface area contributed by atoms with Crippen molar-refractivity contribution in [3.63, 3.8) is 0 Å². The molecule has 180 valence electrons. The van der Waals surface area contributed by atoms with Crippen LogP contribution in [-0.4, -0.2) is 56.2 Å². The second-order valence-corrected chi connectivity index (χ2v) is 8.44. The summed E-state index contributed by atoms with van der Waals surface area (Å²) >= 11 is 5.90. The van der Waals surface area contributed by atoms with Gasteiger partial charge in [-0.25, -0.2) is 4.39 Å². The van der Waals surface area contributed by atoms with Crippen LogP contribution < -0.4 is 14.8 Å². The van der Waals surface area contributed by atoms with Crippen molar-refractivity contribution in [3.8, 4) is 11.5 Å². The summed E-state index contributed by atoms with van der Waals surface area (Å²) in [6.07, 6.45) is 0. The van der Waals surface area contributed by atoms with Gasteiger partial charge in [0.25, 0.3) is 5.91 Å². The first-order chi connectivity index (χ1) is 16.3. The van der Waals surface area contributed by atoms with Crippen molar-refractivity contribution < 1.29 is 32.6 Å². The highest BCUT2D eigenvalue weighted by atomic mass is 35.5. The van der Waals surface area contributed by atoms with Gasteiger partial charge >= 0.3 is 0 Å². The lowest BCUT2D eigenvalue weighted by atomic mass is 9.99. The second-order valence-electron chi connectivity index (χ2n) is 8.03. The van der Waals surface area contributed by atoms with Crippen molar-refractivity contribution in [1.82, 2.24) is 10.2 Å². The van der Waals surface area contributed by atoms with Crippen LogP contribution in [-0.2, 0) is 16.1 Å². The first-order valence-corrected chi connectivity index (χ1v) is 10.9. The number of hydrogen-bond donors (Lipinski definition) is 1. The molecule has 1 aromatic heterocycles. The molecule has 2 heterocycles. The van der Waals surface area contributed by atoms with E-state index in [1.807, 2.05) is 6.07 Å². The smallest absolute Gasteiger partial charge is 0.294 e. The van der Waals surface area contributed by atoms with Crippen LogP contribution in [0.1, 0.15) is 23.0 Å². The average molecular weight is 491 g/mol. The SMILES string of the molecule is COCCN1C(=O)c2oc3ccccc3c2OCC1(C)C(=O)NCc1cc(Cl)c(F)cc1OC. The number of halogens is 2. The minimum absolute atomic E-state index is 0.00359. The number of ether oxygens (including phenoxy) is 3.